The molecule has 1 aliphatic heterocycles. The van der Waals surface area contributed by atoms with E-state index in [4.69, 9.17) is 5.26 Å². The molecule has 1 fully saturated rings. The maximum Gasteiger partial charge on any atom is 0.274 e. The van der Waals surface area contributed by atoms with Crippen molar-refractivity contribution in [2.45, 2.75) is 19.9 Å². The van der Waals surface area contributed by atoms with E-state index in [0.717, 1.165) is 18.8 Å². The van der Waals surface area contributed by atoms with Crippen molar-refractivity contribution in [2.75, 3.05) is 26.2 Å². The molecule has 0 N–H and O–H groups in total. The highest BCUT2D eigenvalue weighted by molar-refractivity contribution is 5.92. The van der Waals surface area contributed by atoms with Crippen LogP contribution >= 0.6 is 0 Å². The number of amides is 1. The average molecular weight is 259 g/mol. The van der Waals surface area contributed by atoms with Crippen molar-refractivity contribution in [3.05, 3.63) is 23.8 Å². The highest BCUT2D eigenvalue weighted by Crippen LogP contribution is 2.09. The van der Waals surface area contributed by atoms with Gasteiger partial charge in [0.15, 0.2) is 0 Å². The van der Waals surface area contributed by atoms with Crippen LogP contribution in [0.2, 0.25) is 0 Å². The van der Waals surface area contributed by atoms with Gasteiger partial charge in [0, 0.05) is 32.4 Å². The Morgan fingerprint density at radius 3 is 2.53 bits per heavy atom. The van der Waals surface area contributed by atoms with E-state index in [1.807, 2.05) is 13.8 Å². The number of aryl methyl sites for hydroxylation is 1. The van der Waals surface area contributed by atoms with Crippen LogP contribution in [0.5, 0.6) is 0 Å². The molecule has 2 heterocycles. The lowest BCUT2D eigenvalue weighted by atomic mass is 10.2. The Hall–Kier alpha value is -2.00. The maximum absolute atomic E-state index is 12.2. The van der Waals surface area contributed by atoms with Gasteiger partial charge in [0.2, 0.25) is 0 Å². The average Bonchev–Trinajstić information content (AvgIpc) is 2.46. The Morgan fingerprint density at radius 2 is 2.00 bits per heavy atom. The van der Waals surface area contributed by atoms with Crippen LogP contribution in [0.4, 0.5) is 0 Å². The van der Waals surface area contributed by atoms with Crippen LogP contribution in [-0.2, 0) is 0 Å². The van der Waals surface area contributed by atoms with Crippen molar-refractivity contribution in [1.29, 1.82) is 5.26 Å². The molecule has 1 amide bonds. The van der Waals surface area contributed by atoms with Gasteiger partial charge in [-0.15, -0.1) is 0 Å². The number of rotatable bonds is 2. The zero-order valence-corrected chi connectivity index (χ0v) is 11.2. The predicted octanol–water partition coefficient (Wildman–Crippen LogP) is 0.455. The number of piperazine rings is 1. The number of carbonyl (C=O) groups is 1. The van der Waals surface area contributed by atoms with Crippen molar-refractivity contribution in [3.8, 4) is 6.07 Å². The molecule has 0 aromatic carbocycles. The van der Waals surface area contributed by atoms with Gasteiger partial charge in [0.05, 0.1) is 24.0 Å². The van der Waals surface area contributed by atoms with Gasteiger partial charge in [-0.2, -0.15) is 5.26 Å². The van der Waals surface area contributed by atoms with Crippen LogP contribution in [0.25, 0.3) is 0 Å². The lowest BCUT2D eigenvalue weighted by Gasteiger charge is -2.35. The summed E-state index contributed by atoms with van der Waals surface area (Å²) >= 11 is 0. The number of nitriles is 1. The first-order valence-corrected chi connectivity index (χ1v) is 6.33. The van der Waals surface area contributed by atoms with Gasteiger partial charge in [0.1, 0.15) is 5.69 Å². The van der Waals surface area contributed by atoms with Gasteiger partial charge < -0.3 is 4.90 Å². The fourth-order valence-corrected chi connectivity index (χ4v) is 2.06. The van der Waals surface area contributed by atoms with Crippen molar-refractivity contribution >= 4 is 5.91 Å². The van der Waals surface area contributed by atoms with E-state index in [1.54, 1.807) is 11.1 Å². The topological polar surface area (TPSA) is 73.1 Å². The second kappa shape index (κ2) is 5.76. The summed E-state index contributed by atoms with van der Waals surface area (Å²) in [6.07, 6.45) is 3.11. The summed E-state index contributed by atoms with van der Waals surface area (Å²) in [7, 11) is 0. The summed E-state index contributed by atoms with van der Waals surface area (Å²) in [4.78, 5) is 24.2. The Labute approximate surface area is 112 Å². The number of nitrogens with zero attached hydrogens (tertiary/aromatic N) is 5. The third-order valence-corrected chi connectivity index (χ3v) is 3.34. The van der Waals surface area contributed by atoms with E-state index in [0.29, 0.717) is 18.8 Å². The molecule has 6 nitrogen and oxygen atoms in total. The number of hydrogen-bond donors (Lipinski definition) is 0. The van der Waals surface area contributed by atoms with Crippen molar-refractivity contribution in [2.24, 2.45) is 0 Å². The minimum atomic E-state index is -0.101. The summed E-state index contributed by atoms with van der Waals surface area (Å²) < 4.78 is 0. The van der Waals surface area contributed by atoms with Gasteiger partial charge >= 0.3 is 0 Å². The van der Waals surface area contributed by atoms with Gasteiger partial charge in [-0.05, 0) is 13.8 Å². The molecular weight excluding hydrogens is 242 g/mol. The van der Waals surface area contributed by atoms with Gasteiger partial charge in [0.25, 0.3) is 5.91 Å². The standard InChI is InChI=1S/C13H17N5O/c1-10-8-16-12(9-15-10)13(19)18-5-3-17(4-6-18)11(2)7-14/h8-9,11H,3-6H2,1-2H3. The predicted molar refractivity (Wildman–Crippen MR) is 69.3 cm³/mol. The number of carbonyl (C=O) groups excluding carboxylic acids is 1. The fraction of sp³-hybridized carbons (Fsp3) is 0.538. The monoisotopic (exact) mass is 259 g/mol. The van der Waals surface area contributed by atoms with Crippen LogP contribution in [0.15, 0.2) is 12.4 Å². The van der Waals surface area contributed by atoms with Crippen LogP contribution in [-0.4, -0.2) is 57.9 Å². The van der Waals surface area contributed by atoms with E-state index >= 15 is 0 Å². The summed E-state index contributed by atoms with van der Waals surface area (Å²) in [5.41, 5.74) is 1.18. The molecule has 0 bridgehead atoms. The highest BCUT2D eigenvalue weighted by atomic mass is 16.2. The molecular formula is C13H17N5O. The Kier molecular flexibility index (Phi) is 4.07. The Morgan fingerprint density at radius 1 is 1.32 bits per heavy atom. The summed E-state index contributed by atoms with van der Waals surface area (Å²) in [6.45, 7) is 6.41. The highest BCUT2D eigenvalue weighted by Gasteiger charge is 2.25. The molecule has 6 heteroatoms. The van der Waals surface area contributed by atoms with Gasteiger partial charge in [-0.3, -0.25) is 14.7 Å². The molecule has 100 valence electrons. The molecule has 0 spiro atoms. The zero-order chi connectivity index (χ0) is 13.8. The van der Waals surface area contributed by atoms with Crippen molar-refractivity contribution < 1.29 is 4.79 Å². The minimum Gasteiger partial charge on any atom is -0.335 e. The normalized spacial score (nSPS) is 17.8. The third-order valence-electron chi connectivity index (χ3n) is 3.34. The van der Waals surface area contributed by atoms with Crippen LogP contribution in [0.3, 0.4) is 0 Å². The van der Waals surface area contributed by atoms with E-state index in [-0.39, 0.29) is 11.9 Å². The largest absolute Gasteiger partial charge is 0.335 e. The SMILES string of the molecule is Cc1cnc(C(=O)N2CCN(C(C)C#N)CC2)cn1. The molecule has 0 aliphatic carbocycles. The first-order chi connectivity index (χ1) is 9.11. The lowest BCUT2D eigenvalue weighted by molar-refractivity contribution is 0.0609. The van der Waals surface area contributed by atoms with Gasteiger partial charge in [-0.25, -0.2) is 4.98 Å². The van der Waals surface area contributed by atoms with Crippen molar-refractivity contribution in [3.63, 3.8) is 0 Å². The first-order valence-electron chi connectivity index (χ1n) is 6.33. The first kappa shape index (κ1) is 13.4. The third kappa shape index (κ3) is 3.06. The quantitative estimate of drug-likeness (QED) is 0.771. The Balaban J connectivity index is 1.96. The van der Waals surface area contributed by atoms with Crippen LogP contribution in [0.1, 0.15) is 23.1 Å². The minimum absolute atomic E-state index is 0.0863. The number of aromatic nitrogens is 2. The summed E-state index contributed by atoms with van der Waals surface area (Å²) in [6, 6.07) is 2.12. The molecule has 19 heavy (non-hydrogen) atoms. The maximum atomic E-state index is 12.2. The molecule has 0 saturated carbocycles. The number of hydrogen-bond acceptors (Lipinski definition) is 5. The van der Waals surface area contributed by atoms with Crippen molar-refractivity contribution in [1.82, 2.24) is 19.8 Å². The molecule has 0 radical (unpaired) electrons. The fourth-order valence-electron chi connectivity index (χ4n) is 2.06. The summed E-state index contributed by atoms with van der Waals surface area (Å²) in [5, 5.41) is 8.88. The Bertz CT molecular complexity index is 485. The van der Waals surface area contributed by atoms with Crippen LogP contribution < -0.4 is 0 Å². The molecule has 1 unspecified atom stereocenters. The summed E-state index contributed by atoms with van der Waals surface area (Å²) in [5.74, 6) is -0.0863. The van der Waals surface area contributed by atoms with Crippen LogP contribution in [0, 0.1) is 18.3 Å². The molecule has 2 rings (SSSR count). The molecule has 1 aromatic rings. The van der Waals surface area contributed by atoms with E-state index in [2.05, 4.69) is 20.9 Å². The smallest absolute Gasteiger partial charge is 0.274 e. The molecule has 1 aliphatic rings. The van der Waals surface area contributed by atoms with E-state index in [1.165, 1.54) is 6.20 Å². The zero-order valence-electron chi connectivity index (χ0n) is 11.2. The van der Waals surface area contributed by atoms with Gasteiger partial charge in [-0.1, -0.05) is 0 Å². The molecule has 1 saturated heterocycles. The van der Waals surface area contributed by atoms with E-state index in [9.17, 15) is 4.79 Å². The lowest BCUT2D eigenvalue weighted by Crippen LogP contribution is -2.51. The van der Waals surface area contributed by atoms with E-state index < -0.39 is 0 Å². The second-order valence-electron chi connectivity index (χ2n) is 4.68. The molecule has 1 atom stereocenters. The molecule has 1 aromatic heterocycles. The second-order valence-corrected chi connectivity index (χ2v) is 4.68.